The number of aryl methyl sites for hydroxylation is 1. The Morgan fingerprint density at radius 2 is 2.26 bits per heavy atom. The summed E-state index contributed by atoms with van der Waals surface area (Å²) in [6.07, 6.45) is 1.64. The maximum atomic E-state index is 5.73. The Labute approximate surface area is 111 Å². The summed E-state index contributed by atoms with van der Waals surface area (Å²) in [5, 5.41) is 10.9. The monoisotopic (exact) mass is 263 g/mol. The SMILES string of the molecule is CCOCc1nc(N)cc(NCc2nncn2C)n1. The fourth-order valence-corrected chi connectivity index (χ4v) is 1.50. The summed E-state index contributed by atoms with van der Waals surface area (Å²) >= 11 is 0. The summed E-state index contributed by atoms with van der Waals surface area (Å²) in [4.78, 5) is 8.42. The molecule has 2 rings (SSSR count). The molecule has 0 amide bonds. The van der Waals surface area contributed by atoms with Crippen LogP contribution in [0.5, 0.6) is 0 Å². The summed E-state index contributed by atoms with van der Waals surface area (Å²) in [5.74, 6) is 2.42. The minimum absolute atomic E-state index is 0.347. The number of hydrogen-bond acceptors (Lipinski definition) is 7. The zero-order valence-corrected chi connectivity index (χ0v) is 11.0. The molecule has 0 bridgehead atoms. The number of nitrogens with one attached hydrogen (secondary N) is 1. The lowest BCUT2D eigenvalue weighted by molar-refractivity contribution is 0.128. The first-order valence-electron chi connectivity index (χ1n) is 5.97. The number of ether oxygens (including phenoxy) is 1. The van der Waals surface area contributed by atoms with Crippen LogP contribution in [0.1, 0.15) is 18.6 Å². The van der Waals surface area contributed by atoms with Crippen LogP contribution in [-0.2, 0) is 24.9 Å². The molecule has 0 aliphatic rings. The molecule has 0 aliphatic heterocycles. The molecule has 0 atom stereocenters. The molecule has 2 heterocycles. The highest BCUT2D eigenvalue weighted by Gasteiger charge is 2.05. The van der Waals surface area contributed by atoms with E-state index in [9.17, 15) is 0 Å². The van der Waals surface area contributed by atoms with E-state index in [-0.39, 0.29) is 0 Å². The van der Waals surface area contributed by atoms with Crippen LogP contribution in [0.2, 0.25) is 0 Å². The van der Waals surface area contributed by atoms with Gasteiger partial charge in [-0.15, -0.1) is 10.2 Å². The molecule has 0 unspecified atom stereocenters. The highest BCUT2D eigenvalue weighted by molar-refractivity contribution is 5.44. The van der Waals surface area contributed by atoms with Crippen LogP contribution < -0.4 is 11.1 Å². The van der Waals surface area contributed by atoms with E-state index >= 15 is 0 Å². The number of rotatable bonds is 6. The van der Waals surface area contributed by atoms with Gasteiger partial charge in [-0.2, -0.15) is 0 Å². The second-order valence-corrected chi connectivity index (χ2v) is 3.94. The molecule has 8 heteroatoms. The molecule has 0 saturated carbocycles. The van der Waals surface area contributed by atoms with Crippen molar-refractivity contribution in [3.05, 3.63) is 24.0 Å². The average molecular weight is 263 g/mol. The zero-order chi connectivity index (χ0) is 13.7. The Balaban J connectivity index is 2.03. The summed E-state index contributed by atoms with van der Waals surface area (Å²) in [7, 11) is 1.88. The van der Waals surface area contributed by atoms with Crippen molar-refractivity contribution >= 4 is 11.6 Å². The summed E-state index contributed by atoms with van der Waals surface area (Å²) in [6.45, 7) is 3.39. The van der Waals surface area contributed by atoms with Gasteiger partial charge in [0.1, 0.15) is 24.6 Å². The van der Waals surface area contributed by atoms with Crippen LogP contribution in [0.15, 0.2) is 12.4 Å². The van der Waals surface area contributed by atoms with Crippen LogP contribution in [0.3, 0.4) is 0 Å². The molecule has 3 N–H and O–H groups in total. The highest BCUT2D eigenvalue weighted by Crippen LogP contribution is 2.10. The van der Waals surface area contributed by atoms with E-state index in [1.165, 1.54) is 0 Å². The molecular weight excluding hydrogens is 246 g/mol. The van der Waals surface area contributed by atoms with E-state index in [2.05, 4.69) is 25.5 Å². The van der Waals surface area contributed by atoms with Gasteiger partial charge in [0, 0.05) is 19.7 Å². The normalized spacial score (nSPS) is 10.6. The van der Waals surface area contributed by atoms with Crippen LogP contribution >= 0.6 is 0 Å². The van der Waals surface area contributed by atoms with Crippen LogP contribution in [0.25, 0.3) is 0 Å². The van der Waals surface area contributed by atoms with E-state index < -0.39 is 0 Å². The van der Waals surface area contributed by atoms with Gasteiger partial charge in [-0.05, 0) is 6.92 Å². The number of anilines is 2. The topological polar surface area (TPSA) is 104 Å². The number of nitrogen functional groups attached to an aromatic ring is 1. The van der Waals surface area contributed by atoms with Crippen LogP contribution in [0.4, 0.5) is 11.6 Å². The van der Waals surface area contributed by atoms with E-state index in [0.717, 1.165) is 5.82 Å². The zero-order valence-electron chi connectivity index (χ0n) is 11.0. The molecule has 0 saturated heterocycles. The van der Waals surface area contributed by atoms with Gasteiger partial charge in [0.25, 0.3) is 0 Å². The van der Waals surface area contributed by atoms with Crippen molar-refractivity contribution in [3.63, 3.8) is 0 Å². The second-order valence-electron chi connectivity index (χ2n) is 3.94. The molecule has 19 heavy (non-hydrogen) atoms. The van der Waals surface area contributed by atoms with Crippen molar-refractivity contribution in [3.8, 4) is 0 Å². The largest absolute Gasteiger partial charge is 0.384 e. The maximum absolute atomic E-state index is 5.73. The third-order valence-corrected chi connectivity index (χ3v) is 2.46. The van der Waals surface area contributed by atoms with E-state index in [1.54, 1.807) is 12.4 Å². The molecule has 8 nitrogen and oxygen atoms in total. The van der Waals surface area contributed by atoms with Gasteiger partial charge in [0.05, 0.1) is 6.54 Å². The predicted molar refractivity (Wildman–Crippen MR) is 70.1 cm³/mol. The lowest BCUT2D eigenvalue weighted by Crippen LogP contribution is -2.10. The third-order valence-electron chi connectivity index (χ3n) is 2.46. The fraction of sp³-hybridized carbons (Fsp3) is 0.455. The standard InChI is InChI=1S/C11H17N7O/c1-3-19-6-10-15-8(12)4-9(16-10)13-5-11-17-14-7-18(11)2/h4,7H,3,5-6H2,1-2H3,(H3,12,13,15,16). The number of hydrogen-bond donors (Lipinski definition) is 2. The van der Waals surface area contributed by atoms with Gasteiger partial charge in [0.15, 0.2) is 11.6 Å². The van der Waals surface area contributed by atoms with Gasteiger partial charge in [0.2, 0.25) is 0 Å². The molecule has 102 valence electrons. The van der Waals surface area contributed by atoms with Gasteiger partial charge < -0.3 is 20.4 Å². The Bertz CT molecular complexity index is 540. The van der Waals surface area contributed by atoms with Crippen molar-refractivity contribution in [1.29, 1.82) is 0 Å². The van der Waals surface area contributed by atoms with Gasteiger partial charge in [-0.3, -0.25) is 0 Å². The molecule has 0 aromatic carbocycles. The smallest absolute Gasteiger partial charge is 0.158 e. The van der Waals surface area contributed by atoms with Crippen LogP contribution in [-0.4, -0.2) is 31.3 Å². The first-order chi connectivity index (χ1) is 9.19. The first kappa shape index (κ1) is 13.2. The summed E-state index contributed by atoms with van der Waals surface area (Å²) in [6, 6.07) is 1.67. The third kappa shape index (κ3) is 3.62. The molecule has 0 fully saturated rings. The molecule has 0 radical (unpaired) electrons. The predicted octanol–water partition coefficient (Wildman–Crippen LogP) is 0.336. The second kappa shape index (κ2) is 6.10. The fourth-order valence-electron chi connectivity index (χ4n) is 1.50. The van der Waals surface area contributed by atoms with Crippen molar-refractivity contribution in [2.75, 3.05) is 17.7 Å². The van der Waals surface area contributed by atoms with Gasteiger partial charge >= 0.3 is 0 Å². The maximum Gasteiger partial charge on any atom is 0.158 e. The Morgan fingerprint density at radius 3 is 2.95 bits per heavy atom. The summed E-state index contributed by atoms with van der Waals surface area (Å²) in [5.41, 5.74) is 5.73. The molecular formula is C11H17N7O. The Morgan fingerprint density at radius 1 is 1.42 bits per heavy atom. The van der Waals surface area contributed by atoms with E-state index in [1.807, 2.05) is 18.5 Å². The Kier molecular flexibility index (Phi) is 4.24. The summed E-state index contributed by atoms with van der Waals surface area (Å²) < 4.78 is 7.10. The Hall–Kier alpha value is -2.22. The van der Waals surface area contributed by atoms with Gasteiger partial charge in [-0.1, -0.05) is 0 Å². The number of aromatic nitrogens is 5. The van der Waals surface area contributed by atoms with Crippen molar-refractivity contribution in [2.24, 2.45) is 7.05 Å². The molecule has 0 spiro atoms. The first-order valence-corrected chi connectivity index (χ1v) is 5.97. The van der Waals surface area contributed by atoms with Crippen molar-refractivity contribution < 1.29 is 4.74 Å². The molecule has 0 aliphatic carbocycles. The highest BCUT2D eigenvalue weighted by atomic mass is 16.5. The van der Waals surface area contributed by atoms with Crippen LogP contribution in [0, 0.1) is 0 Å². The van der Waals surface area contributed by atoms with Crippen molar-refractivity contribution in [2.45, 2.75) is 20.1 Å². The lowest BCUT2D eigenvalue weighted by Gasteiger charge is -2.08. The average Bonchev–Trinajstić information content (AvgIpc) is 2.79. The minimum Gasteiger partial charge on any atom is -0.384 e. The number of nitrogens with zero attached hydrogens (tertiary/aromatic N) is 5. The quantitative estimate of drug-likeness (QED) is 0.774. The van der Waals surface area contributed by atoms with Gasteiger partial charge in [-0.25, -0.2) is 9.97 Å². The molecule has 2 aromatic rings. The van der Waals surface area contributed by atoms with E-state index in [4.69, 9.17) is 10.5 Å². The van der Waals surface area contributed by atoms with Crippen molar-refractivity contribution in [1.82, 2.24) is 24.7 Å². The lowest BCUT2D eigenvalue weighted by atomic mass is 10.4. The van der Waals surface area contributed by atoms with E-state index in [0.29, 0.717) is 37.2 Å². The minimum atomic E-state index is 0.347. The number of nitrogens with two attached hydrogens (primary N) is 1. The molecule has 2 aromatic heterocycles.